The van der Waals surface area contributed by atoms with E-state index in [-0.39, 0.29) is 31.6 Å². The fraction of sp³-hybridized carbons (Fsp3) is 0.385. The van der Waals surface area contributed by atoms with Crippen molar-refractivity contribution in [2.24, 2.45) is 11.3 Å². The number of barbiturate groups is 2. The molecule has 0 aromatic carbocycles. The Balaban J connectivity index is 1.96. The minimum absolute atomic E-state index is 0.00502. The number of nitrogens with zero attached hydrogens (tertiary/aromatic N) is 4. The Morgan fingerprint density at radius 2 is 0.962 bits per heavy atom. The zero-order chi connectivity index (χ0) is 39.8. The Bertz CT molecular complexity index is 2100. The van der Waals surface area contributed by atoms with Gasteiger partial charge in [0.2, 0.25) is 11.8 Å². The van der Waals surface area contributed by atoms with Crippen LogP contribution in [-0.2, 0) is 59.7 Å². The molecule has 0 saturated carbocycles. The van der Waals surface area contributed by atoms with Gasteiger partial charge in [-0.1, -0.05) is 50.3 Å². The number of carbonyl (C=O) groups excluding carboxylic acids is 6. The van der Waals surface area contributed by atoms with Gasteiger partial charge in [0, 0.05) is 0 Å². The highest BCUT2D eigenvalue weighted by atomic mass is 32.2. The Kier molecular flexibility index (Phi) is 12.0. The lowest BCUT2D eigenvalue weighted by molar-refractivity contribution is -0.146. The first-order valence-corrected chi connectivity index (χ1v) is 20.5. The number of amides is 8. The summed E-state index contributed by atoms with van der Waals surface area (Å²) in [5, 5.41) is 0. The third kappa shape index (κ3) is 11.0. The van der Waals surface area contributed by atoms with Crippen molar-refractivity contribution in [2.45, 2.75) is 26.7 Å². The summed E-state index contributed by atoms with van der Waals surface area (Å²) in [5.74, 6) is -14.3. The van der Waals surface area contributed by atoms with Gasteiger partial charge < -0.3 is 0 Å². The molecular formula is C26H30N4O18S4. The molecule has 8 amide bonds. The number of carbonyl (C=O) groups is 6. The Labute approximate surface area is 296 Å². The fourth-order valence-corrected chi connectivity index (χ4v) is 7.53. The van der Waals surface area contributed by atoms with E-state index in [0.29, 0.717) is 12.0 Å². The van der Waals surface area contributed by atoms with Crippen molar-refractivity contribution < 1.29 is 80.6 Å². The monoisotopic (exact) mass is 814 g/mol. The second-order valence-electron chi connectivity index (χ2n) is 12.2. The van der Waals surface area contributed by atoms with E-state index in [1.54, 1.807) is 13.8 Å². The van der Waals surface area contributed by atoms with Crippen LogP contribution in [0.4, 0.5) is 9.59 Å². The first-order valence-electron chi connectivity index (χ1n) is 14.1. The molecule has 0 spiro atoms. The van der Waals surface area contributed by atoms with E-state index in [1.165, 1.54) is 30.4 Å². The molecule has 3 rings (SSSR count). The van der Waals surface area contributed by atoms with Gasteiger partial charge in [-0.15, -0.1) is 0 Å². The van der Waals surface area contributed by atoms with Gasteiger partial charge in [0.25, 0.3) is 52.3 Å². The van der Waals surface area contributed by atoms with Crippen LogP contribution in [0.3, 0.4) is 0 Å². The highest BCUT2D eigenvalue weighted by molar-refractivity contribution is 7.86. The highest BCUT2D eigenvalue weighted by Crippen LogP contribution is 2.42. The smallest absolute Gasteiger partial charge is 0.284 e. The van der Waals surface area contributed by atoms with Crippen molar-refractivity contribution in [1.29, 1.82) is 0 Å². The lowest BCUT2D eigenvalue weighted by Gasteiger charge is -2.39. The SMILES string of the molecule is CC1(C)CC(C2C(=O)N(CS(=O)(=O)O)C(=O)N(CS(=O)(=O)O)C2=O)=C/C(=C/C=C/C=C/C=C2C(=O)N(CS(=O)(=O)O)C(=O)N(CS(=O)(=O)O)C2=O)C1. The third-order valence-corrected chi connectivity index (χ3v) is 9.42. The van der Waals surface area contributed by atoms with E-state index in [0.717, 1.165) is 12.2 Å². The molecule has 2 aliphatic heterocycles. The predicted molar refractivity (Wildman–Crippen MR) is 173 cm³/mol. The number of imide groups is 4. The average Bonchev–Trinajstić information content (AvgIpc) is 2.94. The maximum absolute atomic E-state index is 13.3. The van der Waals surface area contributed by atoms with Crippen molar-refractivity contribution in [1.82, 2.24) is 19.6 Å². The second-order valence-corrected chi connectivity index (χ2v) is 17.9. The van der Waals surface area contributed by atoms with Crippen LogP contribution >= 0.6 is 0 Å². The van der Waals surface area contributed by atoms with Crippen molar-refractivity contribution >= 4 is 76.2 Å². The maximum atomic E-state index is 13.3. The summed E-state index contributed by atoms with van der Waals surface area (Å²) in [7, 11) is -20.2. The number of hydrogen-bond acceptors (Lipinski definition) is 14. The quantitative estimate of drug-likeness (QED) is 0.0621. The molecule has 1 aliphatic carbocycles. The molecule has 22 nitrogen and oxygen atoms in total. The zero-order valence-electron chi connectivity index (χ0n) is 26.8. The lowest BCUT2D eigenvalue weighted by Crippen LogP contribution is -2.62. The van der Waals surface area contributed by atoms with Gasteiger partial charge in [-0.2, -0.15) is 33.7 Å². The van der Waals surface area contributed by atoms with E-state index < -0.39 is 117 Å². The number of rotatable bonds is 12. The molecule has 2 fully saturated rings. The second kappa shape index (κ2) is 14.9. The summed E-state index contributed by atoms with van der Waals surface area (Å²) < 4.78 is 128. The van der Waals surface area contributed by atoms with E-state index >= 15 is 0 Å². The third-order valence-electron chi connectivity index (χ3n) is 7.08. The van der Waals surface area contributed by atoms with Crippen LogP contribution in [0.25, 0.3) is 0 Å². The van der Waals surface area contributed by atoms with Gasteiger partial charge in [0.15, 0.2) is 23.5 Å². The molecule has 0 unspecified atom stereocenters. The molecule has 4 N–H and O–H groups in total. The first kappa shape index (κ1) is 42.0. The van der Waals surface area contributed by atoms with E-state index in [4.69, 9.17) is 9.11 Å². The summed E-state index contributed by atoms with van der Waals surface area (Å²) in [6, 6.07) is -3.46. The molecular weight excluding hydrogens is 785 g/mol. The van der Waals surface area contributed by atoms with Crippen LogP contribution in [0.15, 0.2) is 59.3 Å². The lowest BCUT2D eigenvalue weighted by atomic mass is 9.71. The summed E-state index contributed by atoms with van der Waals surface area (Å²) in [6.07, 6.45) is 8.86. The predicted octanol–water partition coefficient (Wildman–Crippen LogP) is -0.723. The minimum atomic E-state index is -5.06. The van der Waals surface area contributed by atoms with Gasteiger partial charge in [-0.05, 0) is 35.5 Å². The number of hydrogen-bond donors (Lipinski definition) is 4. The van der Waals surface area contributed by atoms with Gasteiger partial charge in [0.05, 0.1) is 0 Å². The molecule has 0 radical (unpaired) electrons. The fourth-order valence-electron chi connectivity index (χ4n) is 5.29. The van der Waals surface area contributed by atoms with Crippen molar-refractivity contribution in [3.05, 3.63) is 59.3 Å². The topological polar surface area (TPSA) is 333 Å². The first-order chi connectivity index (χ1) is 23.5. The van der Waals surface area contributed by atoms with Gasteiger partial charge in [0.1, 0.15) is 11.5 Å². The molecule has 2 heterocycles. The van der Waals surface area contributed by atoms with E-state index in [9.17, 15) is 71.5 Å². The molecule has 0 aromatic rings. The number of urea groups is 2. The summed E-state index contributed by atoms with van der Waals surface area (Å²) in [5.41, 5.74) is -1.17. The Morgan fingerprint density at radius 1 is 0.596 bits per heavy atom. The van der Waals surface area contributed by atoms with Crippen LogP contribution in [-0.4, -0.2) is 131 Å². The molecule has 3 aliphatic rings. The summed E-state index contributed by atoms with van der Waals surface area (Å²) in [4.78, 5) is 76.8. The maximum Gasteiger partial charge on any atom is 0.335 e. The van der Waals surface area contributed by atoms with Gasteiger partial charge >= 0.3 is 12.1 Å². The van der Waals surface area contributed by atoms with Crippen molar-refractivity contribution in [3.8, 4) is 0 Å². The van der Waals surface area contributed by atoms with Crippen LogP contribution < -0.4 is 0 Å². The highest BCUT2D eigenvalue weighted by Gasteiger charge is 2.51. The average molecular weight is 815 g/mol. The van der Waals surface area contributed by atoms with Gasteiger partial charge in [-0.3, -0.25) is 37.4 Å². The van der Waals surface area contributed by atoms with E-state index in [1.807, 2.05) is 0 Å². The van der Waals surface area contributed by atoms with Crippen LogP contribution in [0.2, 0.25) is 0 Å². The molecule has 0 aromatic heterocycles. The normalized spacial score (nSPS) is 21.0. The summed E-state index contributed by atoms with van der Waals surface area (Å²) in [6.45, 7) is 3.44. The van der Waals surface area contributed by atoms with Crippen molar-refractivity contribution in [2.75, 3.05) is 23.5 Å². The molecule has 2 saturated heterocycles. The zero-order valence-corrected chi connectivity index (χ0v) is 30.1. The molecule has 0 atom stereocenters. The molecule has 52 heavy (non-hydrogen) atoms. The molecule has 0 bridgehead atoms. The largest absolute Gasteiger partial charge is 0.335 e. The van der Waals surface area contributed by atoms with Crippen molar-refractivity contribution in [3.63, 3.8) is 0 Å². The van der Waals surface area contributed by atoms with Crippen LogP contribution in [0, 0.1) is 11.3 Å². The number of allylic oxidation sites excluding steroid dienone is 8. The Morgan fingerprint density at radius 3 is 1.37 bits per heavy atom. The molecule has 286 valence electrons. The van der Waals surface area contributed by atoms with Gasteiger partial charge in [-0.25, -0.2) is 29.2 Å². The van der Waals surface area contributed by atoms with Crippen LogP contribution in [0.1, 0.15) is 26.7 Å². The minimum Gasteiger partial charge on any atom is -0.284 e. The molecule has 26 heteroatoms. The summed E-state index contributed by atoms with van der Waals surface area (Å²) >= 11 is 0. The standard InChI is InChI=1S/C26H30N4O18S4/c1-26(2)10-16(9-17(11-26)19-22(33)29(14-51(43,44)45)25(36)30(23(19)34)15-52(46,47)48)7-5-3-4-6-8-18-20(31)27(12-49(37,38)39)24(35)28(21(18)32)13-50(40,41)42/h3-9,19H,10-15H2,1-2H3,(H,37,38,39)(H,40,41,42)(H,43,44,45)(H,46,47,48)/b5-3+,6-4+,16-7-. The Hall–Kier alpha value is -4.44. The van der Waals surface area contributed by atoms with E-state index in [2.05, 4.69) is 0 Å². The van der Waals surface area contributed by atoms with Crippen LogP contribution in [0.5, 0.6) is 0 Å².